The summed E-state index contributed by atoms with van der Waals surface area (Å²) in [5, 5.41) is 8.75. The van der Waals surface area contributed by atoms with Gasteiger partial charge in [0.2, 0.25) is 0 Å². The molecule has 0 atom stereocenters. The Balaban J connectivity index is 2.04. The number of nitrogens with zero attached hydrogens (tertiary/aromatic N) is 4. The summed E-state index contributed by atoms with van der Waals surface area (Å²) in [6, 6.07) is 8.08. The highest BCUT2D eigenvalue weighted by molar-refractivity contribution is 6.05. The largest absolute Gasteiger partial charge is 0.260 e. The molecule has 2 aromatic rings. The summed E-state index contributed by atoms with van der Waals surface area (Å²) in [7, 11) is 0. The van der Waals surface area contributed by atoms with Gasteiger partial charge in [0, 0.05) is 5.70 Å². The normalized spacial score (nSPS) is 18.3. The minimum absolute atomic E-state index is 0.418. The molecule has 0 radical (unpaired) electrons. The molecule has 0 bridgehead atoms. The molecule has 0 aliphatic heterocycles. The second-order valence-electron chi connectivity index (χ2n) is 7.74. The first kappa shape index (κ1) is 18.6. The van der Waals surface area contributed by atoms with Crippen molar-refractivity contribution in [1.82, 2.24) is 15.0 Å². The molecule has 1 saturated carbocycles. The van der Waals surface area contributed by atoms with Crippen molar-refractivity contribution in [1.29, 1.82) is 0 Å². The number of allylic oxidation sites excluding steroid dienone is 3. The van der Waals surface area contributed by atoms with Gasteiger partial charge in [0.1, 0.15) is 5.52 Å². The predicted molar refractivity (Wildman–Crippen MR) is 110 cm³/mol. The van der Waals surface area contributed by atoms with E-state index in [2.05, 4.69) is 41.8 Å². The van der Waals surface area contributed by atoms with Gasteiger partial charge in [0.25, 0.3) is 0 Å². The van der Waals surface area contributed by atoms with Crippen molar-refractivity contribution >= 4 is 22.9 Å². The van der Waals surface area contributed by atoms with E-state index in [1.165, 1.54) is 44.1 Å². The molecule has 0 amide bonds. The topological polar surface area (TPSA) is 43.1 Å². The Kier molecular flexibility index (Phi) is 5.70. The van der Waals surface area contributed by atoms with Gasteiger partial charge in [-0.05, 0) is 56.2 Å². The fourth-order valence-electron chi connectivity index (χ4n) is 4.17. The van der Waals surface area contributed by atoms with E-state index in [0.29, 0.717) is 5.41 Å². The summed E-state index contributed by atoms with van der Waals surface area (Å²) >= 11 is 0. The SMILES string of the molecule is C=C(C)N=C/C(=C(\C)CC1(CC)CCCCC1)n1nnc2ccccc21. The molecule has 1 fully saturated rings. The van der Waals surface area contributed by atoms with Crippen LogP contribution in [0.4, 0.5) is 0 Å². The smallest absolute Gasteiger partial charge is 0.113 e. The summed E-state index contributed by atoms with van der Waals surface area (Å²) in [4.78, 5) is 4.48. The van der Waals surface area contributed by atoms with Crippen LogP contribution in [-0.2, 0) is 0 Å². The van der Waals surface area contributed by atoms with E-state index in [0.717, 1.165) is 28.8 Å². The highest BCUT2D eigenvalue weighted by Gasteiger charge is 2.31. The molecule has 0 saturated heterocycles. The number of hydrogen-bond acceptors (Lipinski definition) is 3. The van der Waals surface area contributed by atoms with Crippen molar-refractivity contribution in [3.63, 3.8) is 0 Å². The van der Waals surface area contributed by atoms with Crippen LogP contribution in [0.15, 0.2) is 47.1 Å². The average molecular weight is 351 g/mol. The van der Waals surface area contributed by atoms with E-state index in [1.54, 1.807) is 0 Å². The van der Waals surface area contributed by atoms with Crippen molar-refractivity contribution < 1.29 is 0 Å². The van der Waals surface area contributed by atoms with Gasteiger partial charge in [0.05, 0.1) is 17.4 Å². The van der Waals surface area contributed by atoms with Gasteiger partial charge in [0.15, 0.2) is 0 Å². The number of aliphatic imine (C=N–C) groups is 1. The standard InChI is InChI=1S/C22H30N4/c1-5-22(13-9-6-10-14-22)15-18(4)21(16-23-17(2)3)26-20-12-8-7-11-19(20)24-25-26/h7-8,11-12,16H,2,5-6,9-10,13-15H2,1,3-4H3/b21-18-,23-16?. The van der Waals surface area contributed by atoms with Gasteiger partial charge in [-0.15, -0.1) is 5.10 Å². The quantitative estimate of drug-likeness (QED) is 0.598. The molecule has 0 N–H and O–H groups in total. The lowest BCUT2D eigenvalue weighted by molar-refractivity contribution is 0.179. The lowest BCUT2D eigenvalue weighted by Gasteiger charge is -2.37. The Bertz CT molecular complexity index is 835. The van der Waals surface area contributed by atoms with Crippen LogP contribution >= 0.6 is 0 Å². The van der Waals surface area contributed by atoms with E-state index in [-0.39, 0.29) is 0 Å². The number of para-hydroxylation sites is 1. The molecular weight excluding hydrogens is 320 g/mol. The maximum absolute atomic E-state index is 4.48. The van der Waals surface area contributed by atoms with Crippen LogP contribution in [0.1, 0.15) is 65.7 Å². The molecule has 138 valence electrons. The fourth-order valence-corrected chi connectivity index (χ4v) is 4.17. The Hall–Kier alpha value is -2.23. The number of hydrogen-bond donors (Lipinski definition) is 0. The van der Waals surface area contributed by atoms with Crippen LogP contribution in [0.25, 0.3) is 16.7 Å². The summed E-state index contributed by atoms with van der Waals surface area (Å²) in [6.45, 7) is 10.4. The van der Waals surface area contributed by atoms with Crippen LogP contribution in [0, 0.1) is 5.41 Å². The Morgan fingerprint density at radius 1 is 1.23 bits per heavy atom. The maximum Gasteiger partial charge on any atom is 0.113 e. The molecule has 4 heteroatoms. The third kappa shape index (κ3) is 3.95. The number of fused-ring (bicyclic) bond motifs is 1. The van der Waals surface area contributed by atoms with Crippen molar-refractivity contribution in [2.45, 2.75) is 65.7 Å². The molecule has 1 aliphatic carbocycles. The first-order valence-electron chi connectivity index (χ1n) is 9.75. The summed E-state index contributed by atoms with van der Waals surface area (Å²) in [5.41, 5.74) is 5.49. The van der Waals surface area contributed by atoms with Gasteiger partial charge in [-0.25, -0.2) is 4.68 Å². The van der Waals surface area contributed by atoms with Crippen LogP contribution in [0.2, 0.25) is 0 Å². The minimum Gasteiger partial charge on any atom is -0.260 e. The van der Waals surface area contributed by atoms with Crippen molar-refractivity contribution in [3.8, 4) is 0 Å². The third-order valence-corrected chi connectivity index (χ3v) is 5.73. The zero-order chi connectivity index (χ0) is 18.6. The van der Waals surface area contributed by atoms with Gasteiger partial charge in [-0.3, -0.25) is 4.99 Å². The molecule has 26 heavy (non-hydrogen) atoms. The second-order valence-corrected chi connectivity index (χ2v) is 7.74. The molecule has 0 unspecified atom stereocenters. The van der Waals surface area contributed by atoms with E-state index >= 15 is 0 Å². The molecule has 4 nitrogen and oxygen atoms in total. The molecular formula is C22H30N4. The average Bonchev–Trinajstić information content (AvgIpc) is 3.06. The molecule has 0 spiro atoms. The van der Waals surface area contributed by atoms with Gasteiger partial charge >= 0.3 is 0 Å². The molecule has 1 aromatic carbocycles. The highest BCUT2D eigenvalue weighted by atomic mass is 15.4. The predicted octanol–water partition coefficient (Wildman–Crippen LogP) is 6.02. The van der Waals surface area contributed by atoms with Crippen molar-refractivity contribution in [3.05, 3.63) is 42.1 Å². The Morgan fingerprint density at radius 3 is 2.65 bits per heavy atom. The van der Waals surface area contributed by atoms with Gasteiger partial charge in [-0.2, -0.15) is 0 Å². The number of aromatic nitrogens is 3. The summed E-state index contributed by atoms with van der Waals surface area (Å²) < 4.78 is 1.93. The van der Waals surface area contributed by atoms with Gasteiger partial charge in [-0.1, -0.05) is 56.5 Å². The van der Waals surface area contributed by atoms with Crippen LogP contribution < -0.4 is 0 Å². The summed E-state index contributed by atoms with van der Waals surface area (Å²) in [5.74, 6) is 0. The van der Waals surface area contributed by atoms with E-state index in [9.17, 15) is 0 Å². The molecule has 3 rings (SSSR count). The van der Waals surface area contributed by atoms with Crippen LogP contribution in [0.3, 0.4) is 0 Å². The first-order valence-corrected chi connectivity index (χ1v) is 9.75. The van der Waals surface area contributed by atoms with Crippen molar-refractivity contribution in [2.75, 3.05) is 0 Å². The van der Waals surface area contributed by atoms with E-state index in [1.807, 2.05) is 36.0 Å². The molecule has 1 aliphatic rings. The van der Waals surface area contributed by atoms with Crippen LogP contribution in [-0.4, -0.2) is 21.2 Å². The lowest BCUT2D eigenvalue weighted by atomic mass is 9.68. The van der Waals surface area contributed by atoms with E-state index < -0.39 is 0 Å². The fraction of sp³-hybridized carbons (Fsp3) is 0.500. The van der Waals surface area contributed by atoms with Gasteiger partial charge < -0.3 is 0 Å². The number of benzene rings is 1. The lowest BCUT2D eigenvalue weighted by Crippen LogP contribution is -2.24. The zero-order valence-corrected chi connectivity index (χ0v) is 16.3. The maximum atomic E-state index is 4.48. The Labute approximate surface area is 156 Å². The first-order chi connectivity index (χ1) is 12.5. The second kappa shape index (κ2) is 7.98. The third-order valence-electron chi connectivity index (χ3n) is 5.73. The van der Waals surface area contributed by atoms with Crippen LogP contribution in [0.5, 0.6) is 0 Å². The highest BCUT2D eigenvalue weighted by Crippen LogP contribution is 2.44. The van der Waals surface area contributed by atoms with E-state index in [4.69, 9.17) is 0 Å². The zero-order valence-electron chi connectivity index (χ0n) is 16.3. The van der Waals surface area contributed by atoms with Crippen molar-refractivity contribution in [2.24, 2.45) is 10.4 Å². The Morgan fingerprint density at radius 2 is 1.96 bits per heavy atom. The molecule has 1 heterocycles. The summed E-state index contributed by atoms with van der Waals surface area (Å²) in [6.07, 6.45) is 11.0. The number of rotatable bonds is 6. The monoisotopic (exact) mass is 350 g/mol. The minimum atomic E-state index is 0.418. The molecule has 1 aromatic heterocycles.